The first-order valence-electron chi connectivity index (χ1n) is 13.4. The number of thiophene rings is 1. The third-order valence-corrected chi connectivity index (χ3v) is 8.20. The fourth-order valence-electron chi connectivity index (χ4n) is 4.92. The number of hydrogen-bond donors (Lipinski definition) is 3. The van der Waals surface area contributed by atoms with Gasteiger partial charge in [-0.15, -0.1) is 11.3 Å². The lowest BCUT2D eigenvalue weighted by Gasteiger charge is -2.37. The Balaban J connectivity index is 1.39. The van der Waals surface area contributed by atoms with Crippen LogP contribution < -0.4 is 15.5 Å². The second-order valence-corrected chi connectivity index (χ2v) is 11.3. The maximum Gasteiger partial charge on any atom is 0.305 e. The molecule has 3 N–H and O–H groups in total. The summed E-state index contributed by atoms with van der Waals surface area (Å²) < 4.78 is 0. The molecule has 0 spiro atoms. The molecule has 1 aliphatic heterocycles. The van der Waals surface area contributed by atoms with E-state index in [1.54, 1.807) is 36.4 Å². The number of aryl methyl sites for hydroxylation is 1. The van der Waals surface area contributed by atoms with Gasteiger partial charge in [-0.3, -0.25) is 19.2 Å². The van der Waals surface area contributed by atoms with E-state index in [1.165, 1.54) is 11.3 Å². The molecule has 40 heavy (non-hydrogen) atoms. The molecule has 208 valence electrons. The van der Waals surface area contributed by atoms with E-state index in [0.29, 0.717) is 43.0 Å². The van der Waals surface area contributed by atoms with Gasteiger partial charge in [0.05, 0.1) is 23.8 Å². The highest BCUT2D eigenvalue weighted by Gasteiger charge is 2.35. The second kappa shape index (κ2) is 11.9. The predicted molar refractivity (Wildman–Crippen MR) is 154 cm³/mol. The predicted octanol–water partition coefficient (Wildman–Crippen LogP) is 4.31. The Bertz CT molecular complexity index is 1410. The molecular formula is C30H32N4O5S. The van der Waals surface area contributed by atoms with Gasteiger partial charge >= 0.3 is 5.97 Å². The average Bonchev–Trinajstić information content (AvgIpc) is 3.65. The van der Waals surface area contributed by atoms with Gasteiger partial charge in [-0.1, -0.05) is 23.8 Å². The molecule has 2 fully saturated rings. The highest BCUT2D eigenvalue weighted by atomic mass is 32.1. The monoisotopic (exact) mass is 560 g/mol. The zero-order valence-electron chi connectivity index (χ0n) is 22.3. The van der Waals surface area contributed by atoms with E-state index in [1.807, 2.05) is 35.4 Å². The Morgan fingerprint density at radius 2 is 1.70 bits per heavy atom. The second-order valence-electron chi connectivity index (χ2n) is 10.3. The fraction of sp³-hybridized carbons (Fsp3) is 0.333. The molecule has 1 unspecified atom stereocenters. The van der Waals surface area contributed by atoms with Crippen molar-refractivity contribution in [1.82, 2.24) is 10.2 Å². The van der Waals surface area contributed by atoms with Crippen molar-refractivity contribution in [3.8, 4) is 0 Å². The fourth-order valence-corrected chi connectivity index (χ4v) is 5.70. The van der Waals surface area contributed by atoms with E-state index in [0.717, 1.165) is 29.0 Å². The van der Waals surface area contributed by atoms with E-state index < -0.39 is 17.9 Å². The van der Waals surface area contributed by atoms with Gasteiger partial charge in [-0.05, 0) is 61.5 Å². The Morgan fingerprint density at radius 3 is 2.35 bits per heavy atom. The Morgan fingerprint density at radius 1 is 0.950 bits per heavy atom. The minimum atomic E-state index is -1.01. The number of nitrogens with zero attached hydrogens (tertiary/aromatic N) is 2. The van der Waals surface area contributed by atoms with Crippen LogP contribution in [0.4, 0.5) is 11.4 Å². The standard InChI is InChI=1S/C30H32N4O5S/c1-19-4-2-5-21(16-19)28(37)31-23-17-22(29(38)32-24(18-27(35)36)26-6-3-15-40-26)9-10-25(23)33-11-13-34(14-12-33)30(39)20-7-8-20/h2-6,9-10,15-17,20,24H,7-8,11-14,18H2,1H3,(H,31,37)(H,32,38)(H,35,36). The molecule has 3 aromatic rings. The summed E-state index contributed by atoms with van der Waals surface area (Å²) >= 11 is 1.38. The molecule has 1 aliphatic carbocycles. The van der Waals surface area contributed by atoms with Gasteiger partial charge in [-0.2, -0.15) is 0 Å². The van der Waals surface area contributed by atoms with Crippen LogP contribution in [0.3, 0.4) is 0 Å². The number of carbonyl (C=O) groups is 4. The van der Waals surface area contributed by atoms with Crippen molar-refractivity contribution >= 4 is 46.4 Å². The van der Waals surface area contributed by atoms with Crippen LogP contribution in [-0.4, -0.2) is 59.9 Å². The van der Waals surface area contributed by atoms with Gasteiger partial charge in [0.15, 0.2) is 0 Å². The van der Waals surface area contributed by atoms with Crippen LogP contribution in [0.25, 0.3) is 0 Å². The lowest BCUT2D eigenvalue weighted by Crippen LogP contribution is -2.49. The molecule has 5 rings (SSSR count). The summed E-state index contributed by atoms with van der Waals surface area (Å²) in [4.78, 5) is 55.3. The molecule has 0 bridgehead atoms. The zero-order chi connectivity index (χ0) is 28.2. The van der Waals surface area contributed by atoms with Gasteiger partial charge in [0.1, 0.15) is 0 Å². The molecule has 1 aromatic heterocycles. The first kappa shape index (κ1) is 27.4. The molecule has 10 heteroatoms. The third-order valence-electron chi connectivity index (χ3n) is 7.22. The van der Waals surface area contributed by atoms with E-state index >= 15 is 0 Å². The van der Waals surface area contributed by atoms with Crippen LogP contribution in [0.5, 0.6) is 0 Å². The van der Waals surface area contributed by atoms with Crippen molar-refractivity contribution in [3.63, 3.8) is 0 Å². The zero-order valence-corrected chi connectivity index (χ0v) is 23.1. The number of carboxylic acid groups (broad SMARTS) is 1. The van der Waals surface area contributed by atoms with E-state index in [-0.39, 0.29) is 24.2 Å². The average molecular weight is 561 g/mol. The highest BCUT2D eigenvalue weighted by Crippen LogP contribution is 2.33. The summed E-state index contributed by atoms with van der Waals surface area (Å²) in [5.74, 6) is -1.35. The molecule has 3 amide bonds. The van der Waals surface area contributed by atoms with E-state index in [9.17, 15) is 24.3 Å². The summed E-state index contributed by atoms with van der Waals surface area (Å²) in [5, 5.41) is 17.0. The summed E-state index contributed by atoms with van der Waals surface area (Å²) in [6, 6.07) is 15.3. The number of amides is 3. The molecule has 1 saturated carbocycles. The Labute approximate surface area is 236 Å². The van der Waals surface area contributed by atoms with Gasteiger partial charge < -0.3 is 25.5 Å². The molecule has 2 heterocycles. The van der Waals surface area contributed by atoms with Crippen LogP contribution in [0, 0.1) is 12.8 Å². The van der Waals surface area contributed by atoms with Crippen molar-refractivity contribution in [2.24, 2.45) is 5.92 Å². The van der Waals surface area contributed by atoms with Crippen LogP contribution >= 0.6 is 11.3 Å². The van der Waals surface area contributed by atoms with Gasteiger partial charge in [-0.25, -0.2) is 0 Å². The van der Waals surface area contributed by atoms with Crippen LogP contribution in [0.1, 0.15) is 56.5 Å². The topological polar surface area (TPSA) is 119 Å². The third kappa shape index (κ3) is 6.51. The number of carboxylic acids is 1. The number of rotatable bonds is 9. The normalized spacial score (nSPS) is 15.8. The SMILES string of the molecule is Cc1cccc(C(=O)Nc2cc(C(=O)NC(CC(=O)O)c3cccs3)ccc2N2CCN(C(=O)C3CC3)CC2)c1. The first-order chi connectivity index (χ1) is 19.3. The number of nitrogens with one attached hydrogen (secondary N) is 2. The number of aliphatic carboxylic acids is 1. The molecular weight excluding hydrogens is 528 g/mol. The highest BCUT2D eigenvalue weighted by molar-refractivity contribution is 7.10. The lowest BCUT2D eigenvalue weighted by molar-refractivity contribution is -0.137. The van der Waals surface area contributed by atoms with Crippen LogP contribution in [0.2, 0.25) is 0 Å². The van der Waals surface area contributed by atoms with Crippen molar-refractivity contribution in [2.75, 3.05) is 36.4 Å². The minimum Gasteiger partial charge on any atom is -0.481 e. The maximum atomic E-state index is 13.3. The summed E-state index contributed by atoms with van der Waals surface area (Å²) in [6.07, 6.45) is 1.69. The quantitative estimate of drug-likeness (QED) is 0.359. The molecule has 2 aliphatic rings. The van der Waals surface area contributed by atoms with Crippen molar-refractivity contribution in [2.45, 2.75) is 32.2 Å². The van der Waals surface area contributed by atoms with E-state index in [2.05, 4.69) is 15.5 Å². The maximum absolute atomic E-state index is 13.3. The summed E-state index contributed by atoms with van der Waals surface area (Å²) in [5.41, 5.74) is 3.00. The molecule has 9 nitrogen and oxygen atoms in total. The molecule has 1 atom stereocenters. The summed E-state index contributed by atoms with van der Waals surface area (Å²) in [6.45, 7) is 4.32. The van der Waals surface area contributed by atoms with E-state index in [4.69, 9.17) is 0 Å². The van der Waals surface area contributed by atoms with Gasteiger partial charge in [0.25, 0.3) is 11.8 Å². The first-order valence-corrected chi connectivity index (χ1v) is 14.3. The Kier molecular flexibility index (Phi) is 8.16. The van der Waals surface area contributed by atoms with Crippen molar-refractivity contribution < 1.29 is 24.3 Å². The van der Waals surface area contributed by atoms with Gasteiger partial charge in [0.2, 0.25) is 5.91 Å². The Hall–Kier alpha value is -4.18. The number of hydrogen-bond acceptors (Lipinski definition) is 6. The molecule has 2 aromatic carbocycles. The largest absolute Gasteiger partial charge is 0.481 e. The van der Waals surface area contributed by atoms with Crippen molar-refractivity contribution in [3.05, 3.63) is 81.5 Å². The molecule has 0 radical (unpaired) electrons. The number of anilines is 2. The van der Waals surface area contributed by atoms with Crippen LogP contribution in [-0.2, 0) is 9.59 Å². The smallest absolute Gasteiger partial charge is 0.305 e. The number of piperazine rings is 1. The summed E-state index contributed by atoms with van der Waals surface area (Å²) in [7, 11) is 0. The minimum absolute atomic E-state index is 0.174. The number of carbonyl (C=O) groups excluding carboxylic acids is 3. The van der Waals surface area contributed by atoms with Gasteiger partial charge in [0, 0.05) is 48.1 Å². The van der Waals surface area contributed by atoms with Crippen molar-refractivity contribution in [1.29, 1.82) is 0 Å². The van der Waals surface area contributed by atoms with Crippen LogP contribution in [0.15, 0.2) is 60.0 Å². The lowest BCUT2D eigenvalue weighted by atomic mass is 10.1. The molecule has 1 saturated heterocycles. The number of benzene rings is 2.